The van der Waals surface area contributed by atoms with Crippen LogP contribution in [-0.2, 0) is 65.4 Å². The minimum atomic E-state index is -4.98. The number of carbonyl (C=O) groups excluding carboxylic acids is 4. The molecule has 19 heteroatoms. The Morgan fingerprint density at radius 1 is 0.284 bits per heavy atom. The molecule has 0 bridgehead atoms. The molecule has 0 radical (unpaired) electrons. The lowest BCUT2D eigenvalue weighted by atomic mass is 10.0. The molecule has 0 aromatic heterocycles. The number of carbonyl (C=O) groups is 4. The standard InChI is InChI=1S/C83H146O17P2/c1-5-9-13-17-21-25-29-33-37-38-42-44-48-52-56-60-64-68-81(86)94-74-79(100-83(88)70-66-62-58-54-50-46-41-36-32-28-24-20-16-12-8-4)76-98-102(91,92)96-72-77(84)71-95-101(89,90)97-75-78(99-82(87)69-65-61-57-53-49-45-40-35-31-27-23-19-15-11-7-3)73-93-80(85)67-63-59-55-51-47-43-39-34-30-26-22-18-14-10-6-2/h9-10,13-14,21-22,25-26,33-35,37,39-40,42,44,77-79,84H,5-8,11-12,15-20,23-24,27-32,36,38,41,43,45-76H2,1-4H3,(H,89,90)(H,91,92)/b13-9-,14-10-,25-21-,26-22-,37-33-,39-34-,40-35-,44-42-. The molecule has 0 saturated carbocycles. The van der Waals surface area contributed by atoms with Gasteiger partial charge in [-0.2, -0.15) is 0 Å². The van der Waals surface area contributed by atoms with Crippen molar-refractivity contribution in [3.63, 3.8) is 0 Å². The molecule has 0 saturated heterocycles. The highest BCUT2D eigenvalue weighted by atomic mass is 31.2. The van der Waals surface area contributed by atoms with Crippen LogP contribution in [0.5, 0.6) is 0 Å². The second-order valence-corrected chi connectivity index (χ2v) is 29.9. The molecule has 5 unspecified atom stereocenters. The molecular formula is C83H146O17P2. The van der Waals surface area contributed by atoms with Crippen LogP contribution in [0.1, 0.15) is 349 Å². The van der Waals surface area contributed by atoms with E-state index in [1.165, 1.54) is 103 Å². The first-order valence-corrected chi connectivity index (χ1v) is 43.5. The SMILES string of the molecule is CC/C=C\C/C=C\C/C=C\C/C=C\CCCCCCC(=O)OCC(COP(=O)(O)OCC(O)COP(=O)(O)OCC(COC(=O)CCCCCCC/C=C\C/C=C\C/C=C\CC)OC(=O)CCCCCCC/C=C\CCCCCCCC)OC(=O)CCCCCCCCCCCCCCCCC. The number of hydrogen-bond acceptors (Lipinski definition) is 15. The van der Waals surface area contributed by atoms with Crippen LogP contribution in [0.3, 0.4) is 0 Å². The van der Waals surface area contributed by atoms with E-state index in [1.807, 2.05) is 0 Å². The Labute approximate surface area is 620 Å². The number of phosphoric ester groups is 2. The summed E-state index contributed by atoms with van der Waals surface area (Å²) in [5.41, 5.74) is 0. The maximum atomic E-state index is 13.1. The average Bonchev–Trinajstić information content (AvgIpc) is 0.923. The van der Waals surface area contributed by atoms with Crippen LogP contribution in [0, 0.1) is 0 Å². The summed E-state index contributed by atoms with van der Waals surface area (Å²) in [5.74, 6) is -2.21. The molecular weight excluding hydrogens is 1330 g/mol. The number of ether oxygens (including phenoxy) is 4. The summed E-state index contributed by atoms with van der Waals surface area (Å²) in [7, 11) is -9.96. The highest BCUT2D eigenvalue weighted by Gasteiger charge is 2.30. The Kier molecular flexibility index (Phi) is 72.3. The molecule has 5 atom stereocenters. The molecule has 0 aromatic carbocycles. The lowest BCUT2D eigenvalue weighted by molar-refractivity contribution is -0.161. The van der Waals surface area contributed by atoms with Crippen LogP contribution < -0.4 is 0 Å². The number of rotatable bonds is 76. The zero-order valence-corrected chi connectivity index (χ0v) is 66.3. The molecule has 0 fully saturated rings. The van der Waals surface area contributed by atoms with Crippen molar-refractivity contribution in [1.29, 1.82) is 0 Å². The number of aliphatic hydroxyl groups excluding tert-OH is 1. The van der Waals surface area contributed by atoms with E-state index in [4.69, 9.17) is 37.0 Å². The normalized spacial score (nSPS) is 14.4. The Hall–Kier alpha value is -4.02. The third-order valence-corrected chi connectivity index (χ3v) is 18.9. The lowest BCUT2D eigenvalue weighted by Crippen LogP contribution is -2.30. The summed E-state index contributed by atoms with van der Waals surface area (Å²) in [4.78, 5) is 73.0. The van der Waals surface area contributed by atoms with Crippen molar-refractivity contribution in [3.8, 4) is 0 Å². The van der Waals surface area contributed by atoms with Gasteiger partial charge in [0.1, 0.15) is 19.3 Å². The number of phosphoric acid groups is 2. The van der Waals surface area contributed by atoms with Crippen molar-refractivity contribution in [3.05, 3.63) is 97.2 Å². The van der Waals surface area contributed by atoms with Gasteiger partial charge in [0.25, 0.3) is 0 Å². The number of hydrogen-bond donors (Lipinski definition) is 3. The Morgan fingerprint density at radius 3 is 0.794 bits per heavy atom. The van der Waals surface area contributed by atoms with E-state index >= 15 is 0 Å². The maximum Gasteiger partial charge on any atom is 0.472 e. The summed E-state index contributed by atoms with van der Waals surface area (Å²) in [6.07, 6.45) is 79.5. The van der Waals surface area contributed by atoms with Gasteiger partial charge in [0, 0.05) is 25.7 Å². The first kappa shape index (κ1) is 98.0. The average molecular weight is 1480 g/mol. The summed E-state index contributed by atoms with van der Waals surface area (Å²) >= 11 is 0. The fraction of sp³-hybridized carbons (Fsp3) is 0.759. The third-order valence-electron chi connectivity index (χ3n) is 17.0. The Bertz CT molecular complexity index is 2310. The first-order valence-electron chi connectivity index (χ1n) is 40.5. The highest BCUT2D eigenvalue weighted by molar-refractivity contribution is 7.47. The van der Waals surface area contributed by atoms with Crippen LogP contribution in [0.4, 0.5) is 0 Å². The molecule has 0 aliphatic rings. The highest BCUT2D eigenvalue weighted by Crippen LogP contribution is 2.45. The summed E-state index contributed by atoms with van der Waals surface area (Å²) in [6.45, 7) is 4.64. The predicted molar refractivity (Wildman–Crippen MR) is 418 cm³/mol. The van der Waals surface area contributed by atoms with Gasteiger partial charge in [-0.1, -0.05) is 298 Å². The molecule has 17 nitrogen and oxygen atoms in total. The van der Waals surface area contributed by atoms with Crippen LogP contribution >= 0.6 is 15.6 Å². The van der Waals surface area contributed by atoms with E-state index in [9.17, 15) is 43.2 Å². The minimum absolute atomic E-state index is 0.0818. The zero-order valence-electron chi connectivity index (χ0n) is 64.5. The van der Waals surface area contributed by atoms with Crippen molar-refractivity contribution in [2.24, 2.45) is 0 Å². The zero-order chi connectivity index (χ0) is 74.6. The van der Waals surface area contributed by atoms with Gasteiger partial charge in [-0.15, -0.1) is 0 Å². The predicted octanol–water partition coefficient (Wildman–Crippen LogP) is 23.6. The molecule has 102 heavy (non-hydrogen) atoms. The van der Waals surface area contributed by atoms with Gasteiger partial charge in [0.15, 0.2) is 12.2 Å². The second-order valence-electron chi connectivity index (χ2n) is 27.0. The van der Waals surface area contributed by atoms with Gasteiger partial charge in [-0.25, -0.2) is 9.13 Å². The summed E-state index contributed by atoms with van der Waals surface area (Å²) in [5, 5.41) is 10.6. The van der Waals surface area contributed by atoms with Gasteiger partial charge in [0.05, 0.1) is 26.4 Å². The van der Waals surface area contributed by atoms with Crippen LogP contribution in [0.25, 0.3) is 0 Å². The molecule has 0 rings (SSSR count). The fourth-order valence-corrected chi connectivity index (χ4v) is 12.5. The maximum absolute atomic E-state index is 13.1. The topological polar surface area (TPSA) is 237 Å². The van der Waals surface area contributed by atoms with Gasteiger partial charge in [-0.05, 0) is 122 Å². The number of allylic oxidation sites excluding steroid dienone is 16. The van der Waals surface area contributed by atoms with E-state index in [-0.39, 0.29) is 25.7 Å². The molecule has 0 spiro atoms. The fourth-order valence-electron chi connectivity index (χ4n) is 10.9. The number of esters is 4. The monoisotopic (exact) mass is 1480 g/mol. The van der Waals surface area contributed by atoms with E-state index in [2.05, 4.69) is 125 Å². The minimum Gasteiger partial charge on any atom is -0.462 e. The molecule has 0 aliphatic carbocycles. The second kappa shape index (κ2) is 75.2. The van der Waals surface area contributed by atoms with Gasteiger partial charge in [0.2, 0.25) is 0 Å². The number of aliphatic hydroxyl groups is 1. The molecule has 3 N–H and O–H groups in total. The van der Waals surface area contributed by atoms with E-state index in [1.54, 1.807) is 0 Å². The molecule has 0 heterocycles. The van der Waals surface area contributed by atoms with E-state index < -0.39 is 97.5 Å². The third kappa shape index (κ3) is 74.3. The molecule has 0 aliphatic heterocycles. The van der Waals surface area contributed by atoms with Gasteiger partial charge in [-0.3, -0.25) is 37.3 Å². The van der Waals surface area contributed by atoms with Crippen LogP contribution in [0.2, 0.25) is 0 Å². The van der Waals surface area contributed by atoms with Crippen molar-refractivity contribution < 1.29 is 80.2 Å². The summed E-state index contributed by atoms with van der Waals surface area (Å²) < 4.78 is 68.6. The van der Waals surface area contributed by atoms with E-state index in [0.29, 0.717) is 25.7 Å². The lowest BCUT2D eigenvalue weighted by Gasteiger charge is -2.21. The quantitative estimate of drug-likeness (QED) is 0.0169. The van der Waals surface area contributed by atoms with E-state index in [0.717, 1.165) is 167 Å². The first-order chi connectivity index (χ1) is 49.7. The summed E-state index contributed by atoms with van der Waals surface area (Å²) in [6, 6.07) is 0. The smallest absolute Gasteiger partial charge is 0.462 e. The Morgan fingerprint density at radius 2 is 0.510 bits per heavy atom. The van der Waals surface area contributed by atoms with Crippen molar-refractivity contribution in [2.45, 2.75) is 367 Å². The molecule has 0 amide bonds. The molecule has 0 aromatic rings. The van der Waals surface area contributed by atoms with Crippen molar-refractivity contribution in [2.75, 3.05) is 39.6 Å². The molecule has 590 valence electrons. The number of unbranched alkanes of at least 4 members (excludes halogenated alkanes) is 34. The van der Waals surface area contributed by atoms with Crippen molar-refractivity contribution in [1.82, 2.24) is 0 Å². The van der Waals surface area contributed by atoms with Gasteiger partial charge < -0.3 is 33.8 Å². The van der Waals surface area contributed by atoms with Crippen LogP contribution in [-0.4, -0.2) is 96.7 Å². The van der Waals surface area contributed by atoms with Crippen LogP contribution in [0.15, 0.2) is 97.2 Å². The van der Waals surface area contributed by atoms with Gasteiger partial charge >= 0.3 is 39.5 Å². The van der Waals surface area contributed by atoms with Crippen molar-refractivity contribution >= 4 is 39.5 Å². The largest absolute Gasteiger partial charge is 0.472 e. The Balaban J connectivity index is 5.38.